The molecule has 0 radical (unpaired) electrons. The van der Waals surface area contributed by atoms with Gasteiger partial charge < -0.3 is 18.9 Å². The number of fused-ring (bicyclic) bond motifs is 10. The molecule has 0 amide bonds. The Balaban J connectivity index is 0.000000155. The SMILES string of the molecule is Fc1c(F)c(F)c(-c2cc(-c3c(F)c(F)c(F)c(F)c3F)cc(N3c4ccccc4-n4c5ccccc5c5cccc3c54)c2)c(F)c1F.Fc1cc(F)cc(-c2ccc(N3c4ccccc4-n4c5ccccc5c5cccc3c54)cc2)c1. The monoisotopic (exact) mass is 1110 g/mol. The minimum Gasteiger partial charge on any atom is -0.306 e. The van der Waals surface area contributed by atoms with Gasteiger partial charge in [0.25, 0.3) is 0 Å². The van der Waals surface area contributed by atoms with Crippen molar-refractivity contribution in [2.45, 2.75) is 0 Å². The van der Waals surface area contributed by atoms with Crippen molar-refractivity contribution in [2.24, 2.45) is 0 Å². The van der Waals surface area contributed by atoms with Crippen LogP contribution in [0.25, 0.3) is 88.4 Å². The molecule has 2 aliphatic heterocycles. The number of hydrogen-bond acceptors (Lipinski definition) is 2. The second kappa shape index (κ2) is 18.7. The first-order valence-corrected chi connectivity index (χ1v) is 25.3. The fourth-order valence-electron chi connectivity index (χ4n) is 11.6. The van der Waals surface area contributed by atoms with Crippen LogP contribution < -0.4 is 9.80 Å². The molecule has 0 bridgehead atoms. The maximum atomic E-state index is 15.2. The number of nitrogens with zero attached hydrogens (tertiary/aromatic N) is 4. The van der Waals surface area contributed by atoms with Crippen molar-refractivity contribution < 1.29 is 52.7 Å². The maximum Gasteiger partial charge on any atom is 0.200 e. The predicted octanol–water partition coefficient (Wildman–Crippen LogP) is 19.8. The normalized spacial score (nSPS) is 12.3. The third kappa shape index (κ3) is 7.36. The molecule has 2 aromatic heterocycles. The zero-order valence-electron chi connectivity index (χ0n) is 41.8. The molecular weight excluding hydrogens is 1080 g/mol. The molecule has 0 saturated heterocycles. The van der Waals surface area contributed by atoms with E-state index in [2.05, 4.69) is 70.1 Å². The largest absolute Gasteiger partial charge is 0.306 e. The van der Waals surface area contributed by atoms with E-state index >= 15 is 17.6 Å². The fraction of sp³-hybridized carbons (Fsp3) is 0. The van der Waals surface area contributed by atoms with Gasteiger partial charge in [-0.15, -0.1) is 0 Å². The quantitative estimate of drug-likeness (QED) is 0.0970. The summed E-state index contributed by atoms with van der Waals surface area (Å²) in [6, 6.07) is 56.8. The highest BCUT2D eigenvalue weighted by Crippen LogP contribution is 2.53. The van der Waals surface area contributed by atoms with Gasteiger partial charge in [0.05, 0.1) is 67.3 Å². The molecule has 0 N–H and O–H groups in total. The zero-order chi connectivity index (χ0) is 56.6. The summed E-state index contributed by atoms with van der Waals surface area (Å²) in [5, 5.41) is 4.04. The molecule has 0 spiro atoms. The standard InChI is InChI=1S/C36H14F10N2.C30H18F2N2/c37-26-24(27(38)31(42)34(45)30(26)41)15-12-16(25-28(39)32(43)35(46)33(44)29(25)40)14-17(13-15)47-21-9-3-4-10-22(21)48-20-8-2-1-6-18(20)19-7-5-11-23(47)36(19)48;31-21-16-20(17-22(32)18-21)19-12-14-23(15-13-19)33-27-9-3-4-10-28(27)34-26-8-2-1-6-24(26)25-7-5-11-29(33)30(25)34/h1-14H;1-18H. The fourth-order valence-corrected chi connectivity index (χ4v) is 11.6. The number of benzene rings is 11. The van der Waals surface area contributed by atoms with Crippen molar-refractivity contribution >= 4 is 77.7 Å². The lowest BCUT2D eigenvalue weighted by Gasteiger charge is -2.33. The van der Waals surface area contributed by atoms with Crippen LogP contribution in [-0.4, -0.2) is 9.13 Å². The van der Waals surface area contributed by atoms with Gasteiger partial charge in [-0.2, -0.15) is 0 Å². The predicted molar refractivity (Wildman–Crippen MR) is 294 cm³/mol. The molecular formula is C66H32F12N4. The summed E-state index contributed by atoms with van der Waals surface area (Å²) in [5.41, 5.74) is 6.01. The Hall–Kier alpha value is -10.2. The lowest BCUT2D eigenvalue weighted by atomic mass is 9.95. The molecule has 0 fully saturated rings. The highest BCUT2D eigenvalue weighted by molar-refractivity contribution is 6.18. The van der Waals surface area contributed by atoms with Crippen molar-refractivity contribution in [2.75, 3.05) is 9.80 Å². The summed E-state index contributed by atoms with van der Waals surface area (Å²) >= 11 is 0. The van der Waals surface area contributed by atoms with Crippen LogP contribution >= 0.6 is 0 Å². The number of hydrogen-bond donors (Lipinski definition) is 0. The van der Waals surface area contributed by atoms with Gasteiger partial charge in [-0.05, 0) is 113 Å². The molecule has 15 rings (SSSR count). The van der Waals surface area contributed by atoms with Crippen LogP contribution in [0.1, 0.15) is 0 Å². The summed E-state index contributed by atoms with van der Waals surface area (Å²) in [6.07, 6.45) is 0. The van der Waals surface area contributed by atoms with Crippen LogP contribution in [0, 0.1) is 69.8 Å². The van der Waals surface area contributed by atoms with Crippen molar-refractivity contribution in [1.82, 2.24) is 9.13 Å². The number of aromatic nitrogens is 2. The van der Waals surface area contributed by atoms with Crippen LogP contribution in [0.15, 0.2) is 194 Å². The van der Waals surface area contributed by atoms with Crippen molar-refractivity contribution in [1.29, 1.82) is 0 Å². The van der Waals surface area contributed by atoms with E-state index in [1.54, 1.807) is 36.4 Å². The van der Waals surface area contributed by atoms with Gasteiger partial charge in [0, 0.05) is 39.0 Å². The van der Waals surface area contributed by atoms with Crippen LogP contribution in [0.4, 0.5) is 86.8 Å². The van der Waals surface area contributed by atoms with Crippen molar-refractivity contribution in [3.8, 4) is 44.8 Å². The van der Waals surface area contributed by atoms with Gasteiger partial charge in [0.1, 0.15) is 11.6 Å². The highest BCUT2D eigenvalue weighted by atomic mass is 19.2. The number of para-hydroxylation sites is 8. The van der Waals surface area contributed by atoms with Crippen LogP contribution in [0.5, 0.6) is 0 Å². The lowest BCUT2D eigenvalue weighted by Crippen LogP contribution is -2.18. The summed E-state index contributed by atoms with van der Waals surface area (Å²) in [7, 11) is 0. The van der Waals surface area contributed by atoms with E-state index in [-0.39, 0.29) is 5.69 Å². The third-order valence-corrected chi connectivity index (χ3v) is 15.1. The van der Waals surface area contributed by atoms with Crippen LogP contribution in [-0.2, 0) is 0 Å². The van der Waals surface area contributed by atoms with Gasteiger partial charge in [-0.25, -0.2) is 52.7 Å². The Morgan fingerprint density at radius 1 is 0.232 bits per heavy atom. The Labute approximate surface area is 456 Å². The average Bonchev–Trinajstić information content (AvgIpc) is 1.82. The first-order chi connectivity index (χ1) is 39.7. The molecule has 0 aliphatic carbocycles. The van der Waals surface area contributed by atoms with E-state index in [1.165, 1.54) is 38.8 Å². The van der Waals surface area contributed by atoms with Crippen molar-refractivity contribution in [3.05, 3.63) is 264 Å². The van der Waals surface area contributed by atoms with E-state index in [9.17, 15) is 35.1 Å². The molecule has 13 aromatic rings. The first kappa shape index (κ1) is 50.0. The minimum absolute atomic E-state index is 0.160. The Morgan fingerprint density at radius 3 is 1.02 bits per heavy atom. The number of anilines is 6. The second-order valence-electron chi connectivity index (χ2n) is 19.6. The summed E-state index contributed by atoms with van der Waals surface area (Å²) in [6.45, 7) is 0. The maximum absolute atomic E-state index is 15.2. The Kier molecular flexibility index (Phi) is 11.4. The smallest absolute Gasteiger partial charge is 0.200 e. The highest BCUT2D eigenvalue weighted by Gasteiger charge is 2.34. The molecule has 0 unspecified atom stereocenters. The summed E-state index contributed by atoms with van der Waals surface area (Å²) < 4.78 is 178. The van der Waals surface area contributed by atoms with E-state index < -0.39 is 92.1 Å². The van der Waals surface area contributed by atoms with E-state index in [4.69, 9.17) is 0 Å². The Bertz CT molecular complexity index is 4710. The number of rotatable bonds is 5. The lowest BCUT2D eigenvalue weighted by molar-refractivity contribution is 0.381. The average molecular weight is 1110 g/mol. The summed E-state index contributed by atoms with van der Waals surface area (Å²) in [5.74, 6) is -24.3. The topological polar surface area (TPSA) is 16.3 Å². The molecule has 0 saturated carbocycles. The van der Waals surface area contributed by atoms with Gasteiger partial charge in [0.2, 0.25) is 11.6 Å². The molecule has 2 aliphatic rings. The summed E-state index contributed by atoms with van der Waals surface area (Å²) in [4.78, 5) is 3.76. The zero-order valence-corrected chi connectivity index (χ0v) is 41.8. The molecule has 16 heteroatoms. The molecule has 4 heterocycles. The molecule has 4 nitrogen and oxygen atoms in total. The molecule has 0 atom stereocenters. The van der Waals surface area contributed by atoms with Crippen LogP contribution in [0.3, 0.4) is 0 Å². The molecule has 11 aromatic carbocycles. The van der Waals surface area contributed by atoms with E-state index in [0.717, 1.165) is 62.8 Å². The van der Waals surface area contributed by atoms with Gasteiger partial charge >= 0.3 is 0 Å². The van der Waals surface area contributed by atoms with Gasteiger partial charge in [0.15, 0.2) is 46.5 Å². The molecule has 82 heavy (non-hydrogen) atoms. The minimum atomic E-state index is -2.45. The first-order valence-electron chi connectivity index (χ1n) is 25.3. The number of halogens is 12. The second-order valence-corrected chi connectivity index (χ2v) is 19.6. The van der Waals surface area contributed by atoms with E-state index in [0.29, 0.717) is 34.2 Å². The third-order valence-electron chi connectivity index (χ3n) is 15.1. The molecule has 400 valence electrons. The van der Waals surface area contributed by atoms with Gasteiger partial charge in [-0.1, -0.05) is 97.1 Å². The van der Waals surface area contributed by atoms with E-state index in [1.807, 2.05) is 65.2 Å². The van der Waals surface area contributed by atoms with Crippen molar-refractivity contribution in [3.63, 3.8) is 0 Å². The van der Waals surface area contributed by atoms with Gasteiger partial charge in [-0.3, -0.25) is 0 Å². The van der Waals surface area contributed by atoms with Crippen LogP contribution in [0.2, 0.25) is 0 Å². The Morgan fingerprint density at radius 2 is 0.585 bits per heavy atom.